The fourth-order valence-corrected chi connectivity index (χ4v) is 0.138. The van der Waals surface area contributed by atoms with Crippen molar-refractivity contribution in [2.75, 3.05) is 0 Å². The van der Waals surface area contributed by atoms with E-state index in [-0.39, 0.29) is 5.90 Å². The lowest BCUT2D eigenvalue weighted by atomic mass is 10.6. The van der Waals surface area contributed by atoms with Crippen molar-refractivity contribution in [1.82, 2.24) is 0 Å². The molecule has 2 heteroatoms. The van der Waals surface area contributed by atoms with Crippen LogP contribution in [0.1, 0.15) is 0 Å². The summed E-state index contributed by atoms with van der Waals surface area (Å²) in [5, 5.41) is 6.73. The Hall–Kier alpha value is -1.05. The molecule has 0 amide bonds. The Labute approximate surface area is 42.6 Å². The molecule has 0 aromatic carbocycles. The smallest absolute Gasteiger partial charge is 0.210 e. The van der Waals surface area contributed by atoms with Crippen LogP contribution in [0.5, 0.6) is 0 Å². The van der Waals surface area contributed by atoms with Gasteiger partial charge in [0.1, 0.15) is 0 Å². The minimum absolute atomic E-state index is 0.0231. The van der Waals surface area contributed by atoms with Crippen LogP contribution in [0.25, 0.3) is 0 Å². The van der Waals surface area contributed by atoms with E-state index in [1.165, 1.54) is 12.3 Å². The minimum atomic E-state index is 0.0231. The zero-order chi connectivity index (χ0) is 5.70. The molecule has 0 aromatic heterocycles. The van der Waals surface area contributed by atoms with Crippen molar-refractivity contribution in [3.05, 3.63) is 25.5 Å². The Balaban J connectivity index is 3.36. The zero-order valence-electron chi connectivity index (χ0n) is 3.98. The summed E-state index contributed by atoms with van der Waals surface area (Å²) in [6, 6.07) is 0. The van der Waals surface area contributed by atoms with Crippen LogP contribution in [0.2, 0.25) is 0 Å². The molecule has 7 heavy (non-hydrogen) atoms. The van der Waals surface area contributed by atoms with Crippen molar-refractivity contribution in [3.63, 3.8) is 0 Å². The molecule has 0 saturated heterocycles. The van der Waals surface area contributed by atoms with E-state index in [2.05, 4.69) is 17.9 Å². The molecule has 0 bridgehead atoms. The molecule has 0 atom stereocenters. The highest BCUT2D eigenvalue weighted by Gasteiger charge is 1.78. The van der Waals surface area contributed by atoms with E-state index in [0.29, 0.717) is 0 Å². The second-order valence-corrected chi connectivity index (χ2v) is 0.853. The molecule has 0 aliphatic carbocycles. The lowest BCUT2D eigenvalue weighted by Crippen LogP contribution is -1.88. The topological polar surface area (TPSA) is 33.1 Å². The van der Waals surface area contributed by atoms with Crippen LogP contribution >= 0.6 is 0 Å². The first-order valence-electron chi connectivity index (χ1n) is 1.79. The molecular formula is C5H7NO. The quantitative estimate of drug-likeness (QED) is 0.314. The molecule has 0 aliphatic rings. The normalized spacial score (nSPS) is 6.86. The van der Waals surface area contributed by atoms with Gasteiger partial charge in [-0.3, -0.25) is 5.41 Å². The van der Waals surface area contributed by atoms with Crippen molar-refractivity contribution < 1.29 is 4.74 Å². The molecule has 0 aliphatic heterocycles. The summed E-state index contributed by atoms with van der Waals surface area (Å²) in [6.07, 6.45) is 2.48. The number of rotatable bonds is 2. The van der Waals surface area contributed by atoms with Crippen LogP contribution in [0.3, 0.4) is 0 Å². The van der Waals surface area contributed by atoms with Gasteiger partial charge in [-0.15, -0.1) is 0 Å². The molecule has 0 aromatic rings. The van der Waals surface area contributed by atoms with Gasteiger partial charge in [0.2, 0.25) is 5.90 Å². The predicted octanol–water partition coefficient (Wildman–Crippen LogP) is 1.31. The molecule has 0 radical (unpaired) electrons. The van der Waals surface area contributed by atoms with Gasteiger partial charge in [-0.05, 0) is 6.08 Å². The van der Waals surface area contributed by atoms with Gasteiger partial charge in [0.15, 0.2) is 0 Å². The summed E-state index contributed by atoms with van der Waals surface area (Å²) in [5.74, 6) is 0.0231. The molecule has 0 saturated carbocycles. The van der Waals surface area contributed by atoms with Crippen LogP contribution in [0, 0.1) is 5.41 Å². The van der Waals surface area contributed by atoms with E-state index in [1.807, 2.05) is 0 Å². The summed E-state index contributed by atoms with van der Waals surface area (Å²) in [7, 11) is 0. The lowest BCUT2D eigenvalue weighted by Gasteiger charge is -1.89. The predicted molar refractivity (Wildman–Crippen MR) is 29.2 cm³/mol. The third-order valence-electron chi connectivity index (χ3n) is 0.396. The highest BCUT2D eigenvalue weighted by atomic mass is 16.5. The number of hydrogen-bond acceptors (Lipinski definition) is 2. The minimum Gasteiger partial charge on any atom is -0.448 e. The van der Waals surface area contributed by atoms with Gasteiger partial charge in [0.05, 0.1) is 6.26 Å². The van der Waals surface area contributed by atoms with E-state index >= 15 is 0 Å². The fraction of sp³-hybridized carbons (Fsp3) is 0. The maximum absolute atomic E-state index is 6.73. The number of nitrogens with one attached hydrogen (secondary N) is 1. The van der Waals surface area contributed by atoms with Crippen molar-refractivity contribution >= 4 is 5.90 Å². The summed E-state index contributed by atoms with van der Waals surface area (Å²) < 4.78 is 4.42. The Morgan fingerprint density at radius 1 is 1.57 bits per heavy atom. The maximum atomic E-state index is 6.73. The van der Waals surface area contributed by atoms with Crippen molar-refractivity contribution in [1.29, 1.82) is 5.41 Å². The Morgan fingerprint density at radius 3 is 2.29 bits per heavy atom. The Morgan fingerprint density at radius 2 is 2.14 bits per heavy atom. The van der Waals surface area contributed by atoms with E-state index in [1.54, 1.807) is 0 Å². The van der Waals surface area contributed by atoms with Crippen molar-refractivity contribution in [2.24, 2.45) is 0 Å². The summed E-state index contributed by atoms with van der Waals surface area (Å²) in [5.41, 5.74) is 0. The molecule has 0 unspecified atom stereocenters. The second-order valence-electron chi connectivity index (χ2n) is 0.853. The Bertz CT molecular complexity index is 96.3. The largest absolute Gasteiger partial charge is 0.448 e. The monoisotopic (exact) mass is 97.1 g/mol. The zero-order valence-corrected chi connectivity index (χ0v) is 3.98. The van der Waals surface area contributed by atoms with Gasteiger partial charge in [-0.2, -0.15) is 0 Å². The van der Waals surface area contributed by atoms with Gasteiger partial charge in [0.25, 0.3) is 0 Å². The standard InChI is InChI=1S/C5H7NO/c1-3-5(6)7-4-2/h3-4,6H,1-2H2. The van der Waals surface area contributed by atoms with Gasteiger partial charge in [0, 0.05) is 0 Å². The van der Waals surface area contributed by atoms with Gasteiger partial charge >= 0.3 is 0 Å². The van der Waals surface area contributed by atoms with E-state index in [4.69, 9.17) is 5.41 Å². The molecular weight excluding hydrogens is 90.1 g/mol. The van der Waals surface area contributed by atoms with Gasteiger partial charge in [-0.25, -0.2) is 0 Å². The first-order chi connectivity index (χ1) is 3.31. The first-order valence-corrected chi connectivity index (χ1v) is 1.79. The average Bonchev–Trinajstić information content (AvgIpc) is 1.68. The molecule has 0 heterocycles. The summed E-state index contributed by atoms with van der Waals surface area (Å²) in [6.45, 7) is 6.52. The molecule has 2 nitrogen and oxygen atoms in total. The van der Waals surface area contributed by atoms with E-state index in [0.717, 1.165) is 0 Å². The second kappa shape index (κ2) is 3.15. The Kier molecular flexibility index (Phi) is 2.68. The van der Waals surface area contributed by atoms with Gasteiger partial charge < -0.3 is 4.74 Å². The lowest BCUT2D eigenvalue weighted by molar-refractivity contribution is 0.474. The summed E-state index contributed by atoms with van der Waals surface area (Å²) >= 11 is 0. The highest BCUT2D eigenvalue weighted by Crippen LogP contribution is 1.76. The van der Waals surface area contributed by atoms with Crippen LogP contribution in [-0.4, -0.2) is 5.90 Å². The molecule has 0 rings (SSSR count). The maximum Gasteiger partial charge on any atom is 0.210 e. The molecule has 38 valence electrons. The third-order valence-corrected chi connectivity index (χ3v) is 0.396. The van der Waals surface area contributed by atoms with Crippen LogP contribution in [0.4, 0.5) is 0 Å². The molecule has 1 N–H and O–H groups in total. The van der Waals surface area contributed by atoms with Crippen LogP contribution in [-0.2, 0) is 4.74 Å². The molecule has 0 fully saturated rings. The summed E-state index contributed by atoms with van der Waals surface area (Å²) in [4.78, 5) is 0. The van der Waals surface area contributed by atoms with Gasteiger partial charge in [-0.1, -0.05) is 13.2 Å². The van der Waals surface area contributed by atoms with E-state index in [9.17, 15) is 0 Å². The number of hydrogen-bond donors (Lipinski definition) is 1. The van der Waals surface area contributed by atoms with E-state index < -0.39 is 0 Å². The highest BCUT2D eigenvalue weighted by molar-refractivity contribution is 5.84. The molecule has 0 spiro atoms. The van der Waals surface area contributed by atoms with Crippen LogP contribution < -0.4 is 0 Å². The van der Waals surface area contributed by atoms with Crippen molar-refractivity contribution in [3.8, 4) is 0 Å². The average molecular weight is 97.1 g/mol. The van der Waals surface area contributed by atoms with Crippen LogP contribution in [0.15, 0.2) is 25.5 Å². The first kappa shape index (κ1) is 5.95. The number of ether oxygens (including phenoxy) is 1. The van der Waals surface area contributed by atoms with Crippen molar-refractivity contribution in [2.45, 2.75) is 0 Å². The fourth-order valence-electron chi connectivity index (χ4n) is 0.138. The SMILES string of the molecule is C=COC(=N)C=C. The third kappa shape index (κ3) is 2.76.